The van der Waals surface area contributed by atoms with Gasteiger partial charge in [-0.3, -0.25) is 4.79 Å². The highest BCUT2D eigenvalue weighted by Crippen LogP contribution is 2.30. The molecule has 2 aliphatic rings. The van der Waals surface area contributed by atoms with Crippen LogP contribution in [0.4, 0.5) is 11.4 Å². The van der Waals surface area contributed by atoms with Crippen LogP contribution in [0.25, 0.3) is 0 Å². The number of amides is 1. The summed E-state index contributed by atoms with van der Waals surface area (Å²) in [5, 5.41) is 5.98. The molecule has 148 valence electrons. The van der Waals surface area contributed by atoms with Crippen molar-refractivity contribution in [3.05, 3.63) is 24.3 Å². The molecule has 1 aromatic carbocycles. The van der Waals surface area contributed by atoms with Gasteiger partial charge in [0.2, 0.25) is 5.91 Å². The number of piperidine rings is 1. The second-order valence-electron chi connectivity index (χ2n) is 6.72. The van der Waals surface area contributed by atoms with Gasteiger partial charge in [-0.1, -0.05) is 6.07 Å². The van der Waals surface area contributed by atoms with Crippen molar-refractivity contribution in [1.82, 2.24) is 5.32 Å². The van der Waals surface area contributed by atoms with Crippen LogP contribution in [-0.2, 0) is 14.6 Å². The van der Waals surface area contributed by atoms with Crippen LogP contribution in [-0.4, -0.2) is 51.5 Å². The summed E-state index contributed by atoms with van der Waals surface area (Å²) < 4.78 is 23.3. The molecule has 2 fully saturated rings. The van der Waals surface area contributed by atoms with Crippen molar-refractivity contribution in [2.24, 2.45) is 0 Å². The third-order valence-electron chi connectivity index (χ3n) is 5.11. The van der Waals surface area contributed by atoms with Gasteiger partial charge in [0.15, 0.2) is 14.6 Å². The molecule has 0 radical (unpaired) electrons. The molecular formula is C17H27Cl2N3O3S. The van der Waals surface area contributed by atoms with E-state index in [0.29, 0.717) is 31.6 Å². The average Bonchev–Trinajstić information content (AvgIpc) is 3.09. The number of sulfone groups is 1. The Morgan fingerprint density at radius 2 is 1.77 bits per heavy atom. The van der Waals surface area contributed by atoms with Crippen molar-refractivity contribution in [1.29, 1.82) is 0 Å². The molecular weight excluding hydrogens is 397 g/mol. The molecule has 2 aliphatic heterocycles. The standard InChI is InChI=1S/C17H25N3O3S.2ClH/c1-24(22,23)17(7-9-18-10-8-17)16(21)19-14-5-4-6-15(13-14)20-11-2-3-12-20;;/h4-6,13,18H,2-3,7-12H2,1H3,(H,19,21);2*1H. The number of halogens is 2. The molecule has 0 spiro atoms. The molecule has 3 rings (SSSR count). The first-order chi connectivity index (χ1) is 11.4. The zero-order chi connectivity index (χ0) is 17.2. The molecule has 1 amide bonds. The summed E-state index contributed by atoms with van der Waals surface area (Å²) in [6.07, 6.45) is 4.15. The molecule has 2 heterocycles. The number of rotatable bonds is 4. The van der Waals surface area contributed by atoms with Gasteiger partial charge >= 0.3 is 0 Å². The lowest BCUT2D eigenvalue weighted by atomic mass is 9.95. The van der Waals surface area contributed by atoms with Gasteiger partial charge in [-0.15, -0.1) is 24.8 Å². The highest BCUT2D eigenvalue weighted by Gasteiger charge is 2.48. The van der Waals surface area contributed by atoms with E-state index in [1.807, 2.05) is 24.3 Å². The number of nitrogens with zero attached hydrogens (tertiary/aromatic N) is 1. The zero-order valence-corrected chi connectivity index (χ0v) is 17.3. The quantitative estimate of drug-likeness (QED) is 0.775. The Morgan fingerprint density at radius 1 is 1.15 bits per heavy atom. The number of hydrogen-bond donors (Lipinski definition) is 2. The zero-order valence-electron chi connectivity index (χ0n) is 14.9. The molecule has 0 atom stereocenters. The third kappa shape index (κ3) is 4.63. The molecule has 2 N–H and O–H groups in total. The highest BCUT2D eigenvalue weighted by molar-refractivity contribution is 7.92. The predicted octanol–water partition coefficient (Wildman–Crippen LogP) is 2.24. The molecule has 1 aromatic rings. The molecule has 0 unspecified atom stereocenters. The second kappa shape index (κ2) is 9.26. The first-order valence-electron chi connectivity index (χ1n) is 8.49. The van der Waals surface area contributed by atoms with Crippen molar-refractivity contribution in [2.45, 2.75) is 30.4 Å². The van der Waals surface area contributed by atoms with Crippen LogP contribution in [0.15, 0.2) is 24.3 Å². The van der Waals surface area contributed by atoms with E-state index in [1.165, 1.54) is 19.1 Å². The van der Waals surface area contributed by atoms with E-state index in [-0.39, 0.29) is 24.8 Å². The van der Waals surface area contributed by atoms with Gasteiger partial charge in [0.1, 0.15) is 0 Å². The summed E-state index contributed by atoms with van der Waals surface area (Å²) in [6.45, 7) is 3.12. The lowest BCUT2D eigenvalue weighted by molar-refractivity contribution is -0.119. The molecule has 0 aliphatic carbocycles. The first-order valence-corrected chi connectivity index (χ1v) is 10.4. The van der Waals surface area contributed by atoms with Gasteiger partial charge in [-0.05, 0) is 57.0 Å². The van der Waals surface area contributed by atoms with E-state index in [1.54, 1.807) is 0 Å². The number of carbonyl (C=O) groups is 1. The summed E-state index contributed by atoms with van der Waals surface area (Å²) in [7, 11) is -3.50. The number of nitrogens with one attached hydrogen (secondary N) is 2. The molecule has 0 saturated carbocycles. The number of hydrogen-bond acceptors (Lipinski definition) is 5. The summed E-state index contributed by atoms with van der Waals surface area (Å²) in [5.41, 5.74) is 1.73. The highest BCUT2D eigenvalue weighted by atomic mass is 35.5. The van der Waals surface area contributed by atoms with Gasteiger partial charge in [0.05, 0.1) is 0 Å². The van der Waals surface area contributed by atoms with Crippen LogP contribution in [0.3, 0.4) is 0 Å². The fourth-order valence-corrected chi connectivity index (χ4v) is 4.93. The molecule has 2 saturated heterocycles. The Balaban J connectivity index is 0.00000169. The number of carbonyl (C=O) groups excluding carboxylic acids is 1. The normalized spacial score (nSPS) is 19.2. The lowest BCUT2D eigenvalue weighted by Crippen LogP contribution is -2.55. The summed E-state index contributed by atoms with van der Waals surface area (Å²) >= 11 is 0. The first kappa shape index (κ1) is 23.0. The van der Waals surface area contributed by atoms with Crippen LogP contribution < -0.4 is 15.5 Å². The van der Waals surface area contributed by atoms with Gasteiger partial charge in [-0.25, -0.2) is 8.42 Å². The molecule has 26 heavy (non-hydrogen) atoms. The van der Waals surface area contributed by atoms with Crippen molar-refractivity contribution in [3.8, 4) is 0 Å². The van der Waals surface area contributed by atoms with Crippen LogP contribution in [0.2, 0.25) is 0 Å². The smallest absolute Gasteiger partial charge is 0.245 e. The Hall–Kier alpha value is -1.02. The van der Waals surface area contributed by atoms with Crippen molar-refractivity contribution in [2.75, 3.05) is 42.7 Å². The van der Waals surface area contributed by atoms with Crippen LogP contribution in [0.1, 0.15) is 25.7 Å². The fourth-order valence-electron chi connectivity index (χ4n) is 3.60. The summed E-state index contributed by atoms with van der Waals surface area (Å²) in [4.78, 5) is 15.1. The molecule has 0 bridgehead atoms. The maximum absolute atomic E-state index is 12.8. The van der Waals surface area contributed by atoms with Gasteiger partial charge in [0.25, 0.3) is 0 Å². The Morgan fingerprint density at radius 3 is 2.35 bits per heavy atom. The monoisotopic (exact) mass is 423 g/mol. The van der Waals surface area contributed by atoms with Crippen LogP contribution in [0, 0.1) is 0 Å². The number of anilines is 2. The Bertz CT molecular complexity index is 716. The fraction of sp³-hybridized carbons (Fsp3) is 0.588. The topological polar surface area (TPSA) is 78.5 Å². The van der Waals surface area contributed by atoms with Gasteiger partial charge in [0, 0.05) is 30.7 Å². The number of benzene rings is 1. The SMILES string of the molecule is CS(=O)(=O)C1(C(=O)Nc2cccc(N3CCCC3)c2)CCNCC1.Cl.Cl. The lowest BCUT2D eigenvalue weighted by Gasteiger charge is -2.34. The van der Waals surface area contributed by atoms with E-state index in [2.05, 4.69) is 15.5 Å². The minimum absolute atomic E-state index is 0. The minimum Gasteiger partial charge on any atom is -0.371 e. The molecule has 0 aromatic heterocycles. The van der Waals surface area contributed by atoms with E-state index >= 15 is 0 Å². The van der Waals surface area contributed by atoms with Gasteiger partial charge < -0.3 is 15.5 Å². The average molecular weight is 424 g/mol. The minimum atomic E-state index is -3.50. The van der Waals surface area contributed by atoms with Crippen molar-refractivity contribution < 1.29 is 13.2 Å². The van der Waals surface area contributed by atoms with Crippen molar-refractivity contribution >= 4 is 51.9 Å². The van der Waals surface area contributed by atoms with Crippen LogP contribution >= 0.6 is 24.8 Å². The van der Waals surface area contributed by atoms with E-state index in [0.717, 1.165) is 18.8 Å². The maximum Gasteiger partial charge on any atom is 0.245 e. The van der Waals surface area contributed by atoms with Crippen molar-refractivity contribution in [3.63, 3.8) is 0 Å². The largest absolute Gasteiger partial charge is 0.371 e. The maximum atomic E-state index is 12.8. The molecule has 9 heteroatoms. The van der Waals surface area contributed by atoms with Crippen LogP contribution in [0.5, 0.6) is 0 Å². The second-order valence-corrected chi connectivity index (χ2v) is 9.04. The van der Waals surface area contributed by atoms with E-state index in [4.69, 9.17) is 0 Å². The Labute approximate surface area is 167 Å². The Kier molecular flexibility index (Phi) is 8.20. The van der Waals surface area contributed by atoms with Gasteiger partial charge in [-0.2, -0.15) is 0 Å². The van der Waals surface area contributed by atoms with E-state index in [9.17, 15) is 13.2 Å². The van der Waals surface area contributed by atoms with E-state index < -0.39 is 20.5 Å². The predicted molar refractivity (Wildman–Crippen MR) is 111 cm³/mol. The molecule has 6 nitrogen and oxygen atoms in total. The summed E-state index contributed by atoms with van der Waals surface area (Å²) in [5.74, 6) is -0.412. The third-order valence-corrected chi connectivity index (χ3v) is 7.12. The summed E-state index contributed by atoms with van der Waals surface area (Å²) in [6, 6.07) is 7.67.